The molecule has 1 heterocycles. The molecule has 76 valence electrons. The van der Waals surface area contributed by atoms with Crippen molar-refractivity contribution in [1.82, 2.24) is 4.90 Å². The number of nitrogens with zero attached hydrogens (tertiary/aromatic N) is 1. The van der Waals surface area contributed by atoms with Crippen molar-refractivity contribution >= 4 is 5.97 Å². The molecular formula is C9H17NO3. The van der Waals surface area contributed by atoms with Gasteiger partial charge in [0.05, 0.1) is 6.10 Å². The summed E-state index contributed by atoms with van der Waals surface area (Å²) >= 11 is 0. The largest absolute Gasteiger partial charge is 0.480 e. The molecule has 4 heteroatoms. The normalized spacial score (nSPS) is 29.4. The van der Waals surface area contributed by atoms with E-state index in [0.717, 1.165) is 19.4 Å². The minimum atomic E-state index is -0.812. The van der Waals surface area contributed by atoms with Gasteiger partial charge in [0, 0.05) is 13.0 Å². The highest BCUT2D eigenvalue weighted by molar-refractivity contribution is 5.74. The summed E-state index contributed by atoms with van der Waals surface area (Å²) in [4.78, 5) is 12.6. The molecule has 0 aromatic heterocycles. The van der Waals surface area contributed by atoms with Gasteiger partial charge in [0.1, 0.15) is 6.04 Å². The molecule has 0 aromatic rings. The molecule has 1 rings (SSSR count). The highest BCUT2D eigenvalue weighted by atomic mass is 16.4. The van der Waals surface area contributed by atoms with Crippen LogP contribution in [-0.2, 0) is 4.79 Å². The van der Waals surface area contributed by atoms with E-state index < -0.39 is 18.1 Å². The van der Waals surface area contributed by atoms with Crippen LogP contribution in [0.2, 0.25) is 0 Å². The lowest BCUT2D eigenvalue weighted by Crippen LogP contribution is -2.36. The van der Waals surface area contributed by atoms with Gasteiger partial charge in [-0.05, 0) is 13.0 Å². The summed E-state index contributed by atoms with van der Waals surface area (Å²) < 4.78 is 0. The van der Waals surface area contributed by atoms with Crippen LogP contribution in [0.1, 0.15) is 26.2 Å². The zero-order chi connectivity index (χ0) is 9.84. The van der Waals surface area contributed by atoms with E-state index in [1.807, 2.05) is 4.90 Å². The number of aliphatic hydroxyl groups excluding tert-OH is 1. The van der Waals surface area contributed by atoms with Crippen molar-refractivity contribution in [1.29, 1.82) is 0 Å². The summed E-state index contributed by atoms with van der Waals surface area (Å²) in [6.45, 7) is 3.36. The molecule has 4 nitrogen and oxygen atoms in total. The maximum atomic E-state index is 10.8. The third kappa shape index (κ3) is 2.67. The number of hydrogen-bond donors (Lipinski definition) is 2. The number of rotatable bonds is 4. The maximum Gasteiger partial charge on any atom is 0.321 e. The molecule has 0 radical (unpaired) electrons. The van der Waals surface area contributed by atoms with Gasteiger partial charge in [0.25, 0.3) is 0 Å². The van der Waals surface area contributed by atoms with Crippen molar-refractivity contribution in [2.24, 2.45) is 0 Å². The van der Waals surface area contributed by atoms with E-state index in [1.165, 1.54) is 0 Å². The van der Waals surface area contributed by atoms with Crippen LogP contribution in [0.4, 0.5) is 0 Å². The number of aliphatic carboxylic acids is 1. The van der Waals surface area contributed by atoms with Gasteiger partial charge in [-0.1, -0.05) is 13.3 Å². The molecule has 0 amide bonds. The van der Waals surface area contributed by atoms with E-state index in [2.05, 4.69) is 6.92 Å². The van der Waals surface area contributed by atoms with Gasteiger partial charge in [0.15, 0.2) is 0 Å². The fourth-order valence-corrected chi connectivity index (χ4v) is 1.74. The van der Waals surface area contributed by atoms with Gasteiger partial charge >= 0.3 is 5.97 Å². The molecule has 1 fully saturated rings. The van der Waals surface area contributed by atoms with Crippen LogP contribution in [0.15, 0.2) is 0 Å². The zero-order valence-electron chi connectivity index (χ0n) is 7.94. The van der Waals surface area contributed by atoms with Gasteiger partial charge in [0.2, 0.25) is 0 Å². The molecule has 0 aromatic carbocycles. The fraction of sp³-hybridized carbons (Fsp3) is 0.889. The van der Waals surface area contributed by atoms with Crippen LogP contribution in [-0.4, -0.2) is 46.3 Å². The van der Waals surface area contributed by atoms with E-state index in [0.29, 0.717) is 13.0 Å². The minimum absolute atomic E-state index is 0.374. The van der Waals surface area contributed by atoms with Crippen molar-refractivity contribution in [3.05, 3.63) is 0 Å². The third-order valence-electron chi connectivity index (χ3n) is 2.47. The molecule has 13 heavy (non-hydrogen) atoms. The number of β-amino-alcohol motifs (C(OH)–C–C–N with tert-alkyl or cyclic N) is 1. The Hall–Kier alpha value is -0.610. The van der Waals surface area contributed by atoms with E-state index in [4.69, 9.17) is 5.11 Å². The molecule has 1 saturated heterocycles. The quantitative estimate of drug-likeness (QED) is 0.665. The minimum Gasteiger partial charge on any atom is -0.480 e. The first kappa shape index (κ1) is 10.5. The second-order valence-electron chi connectivity index (χ2n) is 3.59. The Morgan fingerprint density at radius 2 is 2.31 bits per heavy atom. The Kier molecular flexibility index (Phi) is 3.69. The number of likely N-dealkylation sites (tertiary alicyclic amines) is 1. The highest BCUT2D eigenvalue weighted by Gasteiger charge is 2.35. The first-order chi connectivity index (χ1) is 6.15. The van der Waals surface area contributed by atoms with E-state index in [9.17, 15) is 9.90 Å². The number of hydrogen-bond acceptors (Lipinski definition) is 3. The van der Waals surface area contributed by atoms with E-state index >= 15 is 0 Å². The van der Waals surface area contributed by atoms with Gasteiger partial charge in [-0.15, -0.1) is 0 Å². The number of carboxylic acids is 1. The van der Waals surface area contributed by atoms with Gasteiger partial charge in [-0.2, -0.15) is 0 Å². The topological polar surface area (TPSA) is 60.8 Å². The molecule has 1 aliphatic rings. The Morgan fingerprint density at radius 3 is 2.85 bits per heavy atom. The summed E-state index contributed by atoms with van der Waals surface area (Å²) in [5, 5.41) is 18.2. The van der Waals surface area contributed by atoms with Crippen molar-refractivity contribution < 1.29 is 15.0 Å². The number of unbranched alkanes of at least 4 members (excludes halogenated alkanes) is 1. The Labute approximate surface area is 78.2 Å². The van der Waals surface area contributed by atoms with Crippen LogP contribution in [0, 0.1) is 0 Å². The lowest BCUT2D eigenvalue weighted by atomic mass is 10.2. The van der Waals surface area contributed by atoms with Crippen molar-refractivity contribution in [3.63, 3.8) is 0 Å². The van der Waals surface area contributed by atoms with Crippen molar-refractivity contribution in [2.45, 2.75) is 38.3 Å². The smallest absolute Gasteiger partial charge is 0.321 e. The first-order valence-corrected chi connectivity index (χ1v) is 4.80. The first-order valence-electron chi connectivity index (χ1n) is 4.80. The highest BCUT2D eigenvalue weighted by Crippen LogP contribution is 2.18. The average molecular weight is 187 g/mol. The SMILES string of the molecule is CCCCN1C[C@H](O)C[C@H]1C(=O)O. The van der Waals surface area contributed by atoms with E-state index in [1.54, 1.807) is 0 Å². The lowest BCUT2D eigenvalue weighted by Gasteiger charge is -2.19. The van der Waals surface area contributed by atoms with Crippen LogP contribution < -0.4 is 0 Å². The van der Waals surface area contributed by atoms with Crippen LogP contribution in [0.3, 0.4) is 0 Å². The summed E-state index contributed by atoms with van der Waals surface area (Å²) in [6, 6.07) is -0.471. The Morgan fingerprint density at radius 1 is 1.62 bits per heavy atom. The van der Waals surface area contributed by atoms with Crippen LogP contribution >= 0.6 is 0 Å². The lowest BCUT2D eigenvalue weighted by molar-refractivity contribution is -0.142. The summed E-state index contributed by atoms with van der Waals surface area (Å²) in [7, 11) is 0. The van der Waals surface area contributed by atoms with Crippen LogP contribution in [0.25, 0.3) is 0 Å². The predicted octanol–water partition coefficient (Wildman–Crippen LogP) is 0.306. The molecular weight excluding hydrogens is 170 g/mol. The Balaban J connectivity index is 2.45. The predicted molar refractivity (Wildman–Crippen MR) is 48.5 cm³/mol. The van der Waals surface area contributed by atoms with Crippen LogP contribution in [0.5, 0.6) is 0 Å². The molecule has 1 aliphatic heterocycles. The number of carbonyl (C=O) groups is 1. The second-order valence-corrected chi connectivity index (χ2v) is 3.59. The van der Waals surface area contributed by atoms with Crippen molar-refractivity contribution in [3.8, 4) is 0 Å². The second kappa shape index (κ2) is 4.58. The maximum absolute atomic E-state index is 10.8. The standard InChI is InChI=1S/C9H17NO3/c1-2-3-4-10-6-7(11)5-8(10)9(12)13/h7-8,11H,2-6H2,1H3,(H,12,13)/t7-,8+/m1/s1. The monoisotopic (exact) mass is 187 g/mol. The summed E-state index contributed by atoms with van der Waals surface area (Å²) in [5.74, 6) is -0.812. The number of aliphatic hydroxyl groups is 1. The zero-order valence-corrected chi connectivity index (χ0v) is 7.94. The average Bonchev–Trinajstić information content (AvgIpc) is 2.43. The molecule has 0 aliphatic carbocycles. The van der Waals surface area contributed by atoms with Crippen molar-refractivity contribution in [2.75, 3.05) is 13.1 Å². The van der Waals surface area contributed by atoms with Gasteiger partial charge < -0.3 is 10.2 Å². The molecule has 0 spiro atoms. The molecule has 0 bridgehead atoms. The van der Waals surface area contributed by atoms with Gasteiger partial charge in [-0.3, -0.25) is 9.69 Å². The fourth-order valence-electron chi connectivity index (χ4n) is 1.74. The Bertz CT molecular complexity index is 184. The molecule has 0 unspecified atom stereocenters. The molecule has 0 saturated carbocycles. The number of carboxylic acid groups (broad SMARTS) is 1. The molecule has 2 atom stereocenters. The van der Waals surface area contributed by atoms with E-state index in [-0.39, 0.29) is 0 Å². The van der Waals surface area contributed by atoms with Gasteiger partial charge in [-0.25, -0.2) is 0 Å². The molecule has 2 N–H and O–H groups in total. The summed E-state index contributed by atoms with van der Waals surface area (Å²) in [5.41, 5.74) is 0. The summed E-state index contributed by atoms with van der Waals surface area (Å²) in [6.07, 6.45) is 1.96. The third-order valence-corrected chi connectivity index (χ3v) is 2.47.